The summed E-state index contributed by atoms with van der Waals surface area (Å²) in [5.41, 5.74) is -0.392. The molecule has 0 N–H and O–H groups in total. The summed E-state index contributed by atoms with van der Waals surface area (Å²) >= 11 is 0. The highest BCUT2D eigenvalue weighted by atomic mass is 32.2. The molecule has 0 spiro atoms. The lowest BCUT2D eigenvalue weighted by molar-refractivity contribution is -0.266. The molecule has 3 unspecified atom stereocenters. The summed E-state index contributed by atoms with van der Waals surface area (Å²) < 4.78 is 106. The Morgan fingerprint density at radius 3 is 1.84 bits per heavy atom. The second-order valence-corrected chi connectivity index (χ2v) is 15.6. The Labute approximate surface area is 254 Å². The van der Waals surface area contributed by atoms with Crippen LogP contribution in [0.5, 0.6) is 0 Å². The van der Waals surface area contributed by atoms with Gasteiger partial charge in [0.05, 0.1) is 16.3 Å². The quantitative estimate of drug-likeness (QED) is 0.110. The number of alkyl halides is 5. The smallest absolute Gasteiger partial charge is 0.432 e. The lowest BCUT2D eigenvalue weighted by Gasteiger charge is -2.59. The van der Waals surface area contributed by atoms with E-state index in [1.54, 1.807) is 0 Å². The summed E-state index contributed by atoms with van der Waals surface area (Å²) in [7, 11) is -7.17. The number of carbonyl (C=O) groups is 1. The minimum absolute atomic E-state index is 0.00386. The summed E-state index contributed by atoms with van der Waals surface area (Å²) in [6.07, 6.45) is -8.42. The van der Waals surface area contributed by atoms with E-state index in [1.807, 2.05) is 48.5 Å². The van der Waals surface area contributed by atoms with Crippen LogP contribution in [-0.2, 0) is 30.5 Å². The molecule has 7 rings (SSSR count). The molecule has 0 amide bonds. The highest BCUT2D eigenvalue weighted by Gasteiger charge is 2.66. The summed E-state index contributed by atoms with van der Waals surface area (Å²) in [4.78, 5) is 16.6. The molecule has 12 heteroatoms. The Morgan fingerprint density at radius 2 is 1.34 bits per heavy atom. The van der Waals surface area contributed by atoms with Crippen molar-refractivity contribution in [1.82, 2.24) is 0 Å². The van der Waals surface area contributed by atoms with E-state index in [2.05, 4.69) is 41.1 Å². The number of halogens is 5. The summed E-state index contributed by atoms with van der Waals surface area (Å²) in [6.45, 7) is 0. The van der Waals surface area contributed by atoms with Gasteiger partial charge in [-0.2, -0.15) is 22.0 Å². The van der Waals surface area contributed by atoms with Crippen LogP contribution in [0.15, 0.2) is 99.6 Å². The van der Waals surface area contributed by atoms with Gasteiger partial charge in [-0.05, 0) is 97.7 Å². The third kappa shape index (κ3) is 5.53. The van der Waals surface area contributed by atoms with Crippen LogP contribution >= 0.6 is 0 Å². The summed E-state index contributed by atoms with van der Waals surface area (Å²) in [5.74, 6) is -1.72. The molecular weight excluding hydrogens is 623 g/mol. The largest absolute Gasteiger partial charge is 0.743 e. The Hall–Kier alpha value is -2.96. The molecule has 4 fully saturated rings. The van der Waals surface area contributed by atoms with E-state index < -0.39 is 49.9 Å². The van der Waals surface area contributed by atoms with Crippen molar-refractivity contribution in [1.29, 1.82) is 0 Å². The van der Waals surface area contributed by atoms with Crippen LogP contribution < -0.4 is 0 Å². The molecule has 4 saturated carbocycles. The first-order valence-electron chi connectivity index (χ1n) is 14.2. The molecule has 0 saturated heterocycles. The molecule has 3 aromatic rings. The lowest BCUT2D eigenvalue weighted by atomic mass is 9.45. The van der Waals surface area contributed by atoms with Gasteiger partial charge in [-0.25, -0.2) is 8.42 Å². The number of rotatable bonds is 8. The SMILES string of the molecule is O=C(OC(C(F)(F)F)C(F)(F)S(=O)(=O)[O-])C12CC3CC(C1)C(c1cccc([S+](c4ccccc4)c4ccccc4)c1)C(C3)C2. The third-order valence-corrected chi connectivity index (χ3v) is 12.4. The molecule has 0 aliphatic heterocycles. The van der Waals surface area contributed by atoms with E-state index in [4.69, 9.17) is 0 Å². The fourth-order valence-electron chi connectivity index (χ4n) is 7.88. The maximum Gasteiger partial charge on any atom is 0.432 e. The van der Waals surface area contributed by atoms with Crippen molar-refractivity contribution in [2.75, 3.05) is 0 Å². The number of ether oxygens (including phenoxy) is 1. The molecule has 0 radical (unpaired) electrons. The normalized spacial score (nSPS) is 27.3. The standard InChI is InChI=1S/C32H29F5O5S2/c33-31(34,35)28(32(36,37)44(39,40)41)42-29(38)30-17-20-14-22(18-30)27(23(15-20)19-30)21-8-7-13-26(16-21)43(24-9-3-1-4-10-24)25-11-5-2-6-12-25/h1-13,16,20,22-23,27-28H,14-15,17-19H2. The van der Waals surface area contributed by atoms with Crippen molar-refractivity contribution in [3.05, 3.63) is 90.5 Å². The fourth-order valence-corrected chi connectivity index (χ4v) is 10.5. The van der Waals surface area contributed by atoms with Crippen LogP contribution in [0, 0.1) is 23.2 Å². The molecule has 0 aromatic heterocycles. The number of hydrogen-bond acceptors (Lipinski definition) is 5. The molecule has 4 aliphatic rings. The van der Waals surface area contributed by atoms with E-state index in [0.717, 1.165) is 33.1 Å². The molecule has 234 valence electrons. The highest BCUT2D eigenvalue weighted by molar-refractivity contribution is 7.97. The van der Waals surface area contributed by atoms with Gasteiger partial charge in [0.2, 0.25) is 0 Å². The zero-order valence-corrected chi connectivity index (χ0v) is 24.9. The first-order chi connectivity index (χ1) is 20.7. The van der Waals surface area contributed by atoms with E-state index in [9.17, 15) is 39.7 Å². The molecule has 3 aromatic carbocycles. The Balaban J connectivity index is 1.29. The Bertz CT molecular complexity index is 1580. The first-order valence-corrected chi connectivity index (χ1v) is 16.9. The van der Waals surface area contributed by atoms with Gasteiger partial charge in [0.15, 0.2) is 24.8 Å². The summed E-state index contributed by atoms with van der Waals surface area (Å²) in [6, 6.07) is 28.5. The summed E-state index contributed by atoms with van der Waals surface area (Å²) in [5, 5.41) is -5.86. The maximum atomic E-state index is 14.2. The first kappa shape index (κ1) is 31.0. The lowest BCUT2D eigenvalue weighted by Crippen LogP contribution is -2.57. The van der Waals surface area contributed by atoms with Gasteiger partial charge >= 0.3 is 17.4 Å². The molecule has 4 aliphatic carbocycles. The molecule has 0 heterocycles. The monoisotopic (exact) mass is 652 g/mol. The minimum Gasteiger partial charge on any atom is -0.743 e. The Morgan fingerprint density at radius 1 is 0.818 bits per heavy atom. The van der Waals surface area contributed by atoms with Crippen molar-refractivity contribution in [2.24, 2.45) is 23.2 Å². The minimum atomic E-state index is -6.76. The Kier molecular flexibility index (Phi) is 7.85. The molecule has 3 atom stereocenters. The molecule has 44 heavy (non-hydrogen) atoms. The van der Waals surface area contributed by atoms with E-state index in [-0.39, 0.29) is 42.9 Å². The van der Waals surface area contributed by atoms with Crippen LogP contribution in [0.25, 0.3) is 0 Å². The van der Waals surface area contributed by atoms with Gasteiger partial charge in [-0.15, -0.1) is 0 Å². The van der Waals surface area contributed by atoms with Crippen LogP contribution in [0.4, 0.5) is 22.0 Å². The van der Waals surface area contributed by atoms with Crippen LogP contribution in [0.2, 0.25) is 0 Å². The maximum absolute atomic E-state index is 14.2. The molecular formula is C32H29F5O5S2. The zero-order valence-electron chi connectivity index (χ0n) is 23.3. The van der Waals surface area contributed by atoms with Crippen LogP contribution in [0.3, 0.4) is 0 Å². The predicted octanol–water partition coefficient (Wildman–Crippen LogP) is 7.30. The van der Waals surface area contributed by atoms with Crippen molar-refractivity contribution >= 4 is 27.0 Å². The van der Waals surface area contributed by atoms with Crippen LogP contribution in [0.1, 0.15) is 43.6 Å². The number of hydrogen-bond donors (Lipinski definition) is 0. The number of carbonyl (C=O) groups excluding carboxylic acids is 1. The van der Waals surface area contributed by atoms with Gasteiger partial charge in [0.1, 0.15) is 0 Å². The average Bonchev–Trinajstić information content (AvgIpc) is 2.95. The predicted molar refractivity (Wildman–Crippen MR) is 151 cm³/mol. The van der Waals surface area contributed by atoms with Crippen molar-refractivity contribution in [2.45, 2.75) is 70.2 Å². The fraction of sp³-hybridized carbons (Fsp3) is 0.406. The van der Waals surface area contributed by atoms with Gasteiger partial charge in [-0.1, -0.05) is 48.5 Å². The second kappa shape index (κ2) is 11.1. The highest BCUT2D eigenvalue weighted by Crippen LogP contribution is 2.65. The van der Waals surface area contributed by atoms with Gasteiger partial charge in [0, 0.05) is 0 Å². The molecule has 5 nitrogen and oxygen atoms in total. The van der Waals surface area contributed by atoms with E-state index in [0.29, 0.717) is 0 Å². The van der Waals surface area contributed by atoms with Crippen molar-refractivity contribution in [3.8, 4) is 0 Å². The van der Waals surface area contributed by atoms with Crippen molar-refractivity contribution in [3.63, 3.8) is 0 Å². The topological polar surface area (TPSA) is 83.5 Å². The van der Waals surface area contributed by atoms with Gasteiger partial charge in [0.25, 0.3) is 6.10 Å². The van der Waals surface area contributed by atoms with Gasteiger partial charge < -0.3 is 9.29 Å². The van der Waals surface area contributed by atoms with Crippen LogP contribution in [-0.4, -0.2) is 36.5 Å². The third-order valence-electron chi connectivity index (χ3n) is 9.30. The van der Waals surface area contributed by atoms with Gasteiger partial charge in [-0.3, -0.25) is 4.79 Å². The van der Waals surface area contributed by atoms with E-state index >= 15 is 0 Å². The van der Waals surface area contributed by atoms with Crippen molar-refractivity contribution < 1.29 is 44.5 Å². The zero-order chi connectivity index (χ0) is 31.5. The number of esters is 1. The second-order valence-electron chi connectivity index (χ2n) is 12.1. The van der Waals surface area contributed by atoms with E-state index in [1.165, 1.54) is 0 Å². The average molecular weight is 653 g/mol. The number of benzene rings is 3. The molecule has 4 bridgehead atoms.